The van der Waals surface area contributed by atoms with Crippen LogP contribution in [-0.4, -0.2) is 31.8 Å². The molecular formula is C15H19ClN2OS. The number of aromatic nitrogens is 1. The zero-order valence-electron chi connectivity index (χ0n) is 11.5. The minimum absolute atomic E-state index is 0.395. The van der Waals surface area contributed by atoms with E-state index in [1.54, 1.807) is 18.4 Å². The molecule has 0 saturated heterocycles. The van der Waals surface area contributed by atoms with Gasteiger partial charge in [-0.25, -0.2) is 4.98 Å². The SMILES string of the molecule is COCCNCC(Cc1cscn1)c1ccc(Cl)cc1. The first-order valence-electron chi connectivity index (χ1n) is 6.61. The van der Waals surface area contributed by atoms with Crippen molar-refractivity contribution in [2.45, 2.75) is 12.3 Å². The highest BCUT2D eigenvalue weighted by molar-refractivity contribution is 7.07. The molecule has 2 aromatic rings. The van der Waals surface area contributed by atoms with Gasteiger partial charge in [0.25, 0.3) is 0 Å². The second-order valence-corrected chi connectivity index (χ2v) is 5.78. The topological polar surface area (TPSA) is 34.1 Å². The molecule has 3 nitrogen and oxygen atoms in total. The Morgan fingerprint density at radius 3 is 2.80 bits per heavy atom. The van der Waals surface area contributed by atoms with Gasteiger partial charge in [-0.2, -0.15) is 0 Å². The second-order valence-electron chi connectivity index (χ2n) is 4.63. The number of ether oxygens (including phenoxy) is 1. The summed E-state index contributed by atoms with van der Waals surface area (Å²) >= 11 is 7.60. The molecule has 108 valence electrons. The van der Waals surface area contributed by atoms with Crippen LogP contribution in [0.1, 0.15) is 17.2 Å². The Labute approximate surface area is 129 Å². The third-order valence-corrected chi connectivity index (χ3v) is 4.04. The maximum Gasteiger partial charge on any atom is 0.0794 e. The van der Waals surface area contributed by atoms with Crippen molar-refractivity contribution in [3.05, 3.63) is 51.4 Å². The number of methoxy groups -OCH3 is 1. The van der Waals surface area contributed by atoms with Gasteiger partial charge in [0.1, 0.15) is 0 Å². The van der Waals surface area contributed by atoms with Crippen LogP contribution in [0.25, 0.3) is 0 Å². The quantitative estimate of drug-likeness (QED) is 0.759. The Balaban J connectivity index is 2.00. The number of benzene rings is 1. The number of halogens is 1. The van der Waals surface area contributed by atoms with Gasteiger partial charge in [0.05, 0.1) is 17.8 Å². The first-order valence-corrected chi connectivity index (χ1v) is 7.94. The van der Waals surface area contributed by atoms with Gasteiger partial charge in [0.2, 0.25) is 0 Å². The van der Waals surface area contributed by atoms with Crippen molar-refractivity contribution in [2.75, 3.05) is 26.8 Å². The molecule has 2 rings (SSSR count). The molecule has 0 radical (unpaired) electrons. The van der Waals surface area contributed by atoms with E-state index in [0.717, 1.165) is 36.8 Å². The van der Waals surface area contributed by atoms with Crippen molar-refractivity contribution < 1.29 is 4.74 Å². The largest absolute Gasteiger partial charge is 0.383 e. The van der Waals surface area contributed by atoms with Crippen LogP contribution in [0, 0.1) is 0 Å². The molecular weight excluding hydrogens is 292 g/mol. The minimum atomic E-state index is 0.395. The Morgan fingerprint density at radius 2 is 2.15 bits per heavy atom. The van der Waals surface area contributed by atoms with Gasteiger partial charge in [0.15, 0.2) is 0 Å². The first kappa shape index (κ1) is 15.4. The molecule has 1 atom stereocenters. The molecule has 1 aromatic heterocycles. The highest BCUT2D eigenvalue weighted by Crippen LogP contribution is 2.22. The van der Waals surface area contributed by atoms with E-state index in [1.807, 2.05) is 17.6 Å². The van der Waals surface area contributed by atoms with E-state index in [0.29, 0.717) is 5.92 Å². The molecule has 1 N–H and O–H groups in total. The van der Waals surface area contributed by atoms with Crippen molar-refractivity contribution >= 4 is 22.9 Å². The lowest BCUT2D eigenvalue weighted by Crippen LogP contribution is -2.26. The van der Waals surface area contributed by atoms with Crippen molar-refractivity contribution in [1.82, 2.24) is 10.3 Å². The number of nitrogens with zero attached hydrogens (tertiary/aromatic N) is 1. The van der Waals surface area contributed by atoms with Crippen molar-refractivity contribution in [3.63, 3.8) is 0 Å². The van der Waals surface area contributed by atoms with Crippen LogP contribution in [0.4, 0.5) is 0 Å². The molecule has 0 saturated carbocycles. The number of hydrogen-bond acceptors (Lipinski definition) is 4. The summed E-state index contributed by atoms with van der Waals surface area (Å²) in [6, 6.07) is 8.08. The van der Waals surface area contributed by atoms with Crippen LogP contribution < -0.4 is 5.32 Å². The summed E-state index contributed by atoms with van der Waals surface area (Å²) in [6.07, 6.45) is 0.936. The van der Waals surface area contributed by atoms with Gasteiger partial charge in [-0.3, -0.25) is 0 Å². The monoisotopic (exact) mass is 310 g/mol. The highest BCUT2D eigenvalue weighted by atomic mass is 35.5. The summed E-state index contributed by atoms with van der Waals surface area (Å²) in [5.74, 6) is 0.395. The maximum atomic E-state index is 5.96. The Bertz CT molecular complexity index is 487. The first-order chi connectivity index (χ1) is 9.79. The van der Waals surface area contributed by atoms with E-state index in [1.165, 1.54) is 5.56 Å². The van der Waals surface area contributed by atoms with E-state index in [4.69, 9.17) is 16.3 Å². The average Bonchev–Trinajstić information content (AvgIpc) is 2.96. The third kappa shape index (κ3) is 4.87. The lowest BCUT2D eigenvalue weighted by molar-refractivity contribution is 0.199. The zero-order valence-corrected chi connectivity index (χ0v) is 13.1. The summed E-state index contributed by atoms with van der Waals surface area (Å²) in [5, 5.41) is 6.31. The molecule has 1 unspecified atom stereocenters. The predicted octanol–water partition coefficient (Wildman–Crippen LogP) is 3.36. The summed E-state index contributed by atoms with van der Waals surface area (Å²) in [7, 11) is 1.72. The molecule has 5 heteroatoms. The molecule has 1 aromatic carbocycles. The van der Waals surface area contributed by atoms with E-state index < -0.39 is 0 Å². The molecule has 0 aliphatic heterocycles. The van der Waals surface area contributed by atoms with Crippen LogP contribution in [0.15, 0.2) is 35.2 Å². The van der Waals surface area contributed by atoms with Crippen molar-refractivity contribution in [3.8, 4) is 0 Å². The standard InChI is InChI=1S/C15H19ClN2OS/c1-19-7-6-17-9-13(8-15-10-20-11-18-15)12-2-4-14(16)5-3-12/h2-5,10-11,13,17H,6-9H2,1H3. The number of rotatable bonds is 8. The molecule has 0 bridgehead atoms. The van der Waals surface area contributed by atoms with Crippen LogP contribution in [0.2, 0.25) is 5.02 Å². The fourth-order valence-electron chi connectivity index (χ4n) is 2.08. The van der Waals surface area contributed by atoms with E-state index in [9.17, 15) is 0 Å². The van der Waals surface area contributed by atoms with Crippen molar-refractivity contribution in [2.24, 2.45) is 0 Å². The average molecular weight is 311 g/mol. The molecule has 0 aliphatic rings. The van der Waals surface area contributed by atoms with Gasteiger partial charge in [-0.1, -0.05) is 23.7 Å². The predicted molar refractivity (Wildman–Crippen MR) is 84.8 cm³/mol. The molecule has 20 heavy (non-hydrogen) atoms. The molecule has 0 aliphatic carbocycles. The normalized spacial score (nSPS) is 12.5. The smallest absolute Gasteiger partial charge is 0.0794 e. The summed E-state index contributed by atoms with van der Waals surface area (Å²) < 4.78 is 5.06. The summed E-state index contributed by atoms with van der Waals surface area (Å²) in [4.78, 5) is 4.38. The van der Waals surface area contributed by atoms with Gasteiger partial charge in [-0.15, -0.1) is 11.3 Å². The molecule has 0 fully saturated rings. The van der Waals surface area contributed by atoms with Gasteiger partial charge in [-0.05, 0) is 24.1 Å². The summed E-state index contributed by atoms with van der Waals surface area (Å²) in [5.41, 5.74) is 4.31. The van der Waals surface area contributed by atoms with Crippen LogP contribution in [-0.2, 0) is 11.2 Å². The fourth-order valence-corrected chi connectivity index (χ4v) is 2.78. The van der Waals surface area contributed by atoms with E-state index in [-0.39, 0.29) is 0 Å². The Kier molecular flexibility index (Phi) is 6.47. The van der Waals surface area contributed by atoms with Crippen molar-refractivity contribution in [1.29, 1.82) is 0 Å². The van der Waals surface area contributed by atoms with E-state index in [2.05, 4.69) is 27.8 Å². The Hall–Kier alpha value is -0.940. The maximum absolute atomic E-state index is 5.96. The van der Waals surface area contributed by atoms with Crippen LogP contribution >= 0.6 is 22.9 Å². The van der Waals surface area contributed by atoms with Crippen LogP contribution in [0.5, 0.6) is 0 Å². The Morgan fingerprint density at radius 1 is 1.35 bits per heavy atom. The number of nitrogens with one attached hydrogen (secondary N) is 1. The minimum Gasteiger partial charge on any atom is -0.383 e. The number of thiazole rings is 1. The second kappa shape index (κ2) is 8.37. The molecule has 1 heterocycles. The zero-order chi connectivity index (χ0) is 14.2. The van der Waals surface area contributed by atoms with E-state index >= 15 is 0 Å². The highest BCUT2D eigenvalue weighted by Gasteiger charge is 2.13. The molecule has 0 amide bonds. The number of hydrogen-bond donors (Lipinski definition) is 1. The molecule has 0 spiro atoms. The van der Waals surface area contributed by atoms with Gasteiger partial charge in [0, 0.05) is 36.5 Å². The van der Waals surface area contributed by atoms with Gasteiger partial charge >= 0.3 is 0 Å². The van der Waals surface area contributed by atoms with Gasteiger partial charge < -0.3 is 10.1 Å². The summed E-state index contributed by atoms with van der Waals surface area (Å²) in [6.45, 7) is 2.49. The fraction of sp³-hybridized carbons (Fsp3) is 0.400. The lowest BCUT2D eigenvalue weighted by Gasteiger charge is -2.17. The van der Waals surface area contributed by atoms with Crippen LogP contribution in [0.3, 0.4) is 0 Å². The lowest BCUT2D eigenvalue weighted by atomic mass is 9.94. The third-order valence-electron chi connectivity index (χ3n) is 3.15.